The maximum absolute atomic E-state index is 11.4. The van der Waals surface area contributed by atoms with Crippen LogP contribution in [0.5, 0.6) is 0 Å². The van der Waals surface area contributed by atoms with Crippen molar-refractivity contribution in [2.24, 2.45) is 5.92 Å². The minimum absolute atomic E-state index is 0.0990. The Morgan fingerprint density at radius 1 is 1.69 bits per heavy atom. The van der Waals surface area contributed by atoms with Crippen LogP contribution in [-0.4, -0.2) is 17.8 Å². The lowest BCUT2D eigenvalue weighted by Crippen LogP contribution is -2.09. The summed E-state index contributed by atoms with van der Waals surface area (Å²) in [6, 6.07) is 0. The first-order valence-electron chi connectivity index (χ1n) is 4.28. The molecular formula is C9H14N2OS. The summed E-state index contributed by atoms with van der Waals surface area (Å²) in [5.74, 6) is 1.19. The van der Waals surface area contributed by atoms with Crippen molar-refractivity contribution in [2.45, 2.75) is 20.3 Å². The van der Waals surface area contributed by atoms with Crippen LogP contribution in [0.15, 0.2) is 5.38 Å². The van der Waals surface area contributed by atoms with Crippen LogP contribution in [0.4, 0.5) is 5.82 Å². The Morgan fingerprint density at radius 2 is 2.38 bits per heavy atom. The summed E-state index contributed by atoms with van der Waals surface area (Å²) in [7, 11) is 1.82. The van der Waals surface area contributed by atoms with Crippen molar-refractivity contribution in [3.63, 3.8) is 0 Å². The Labute approximate surface area is 82.2 Å². The van der Waals surface area contributed by atoms with Crippen LogP contribution in [0, 0.1) is 5.92 Å². The molecule has 0 unspecified atom stereocenters. The topological polar surface area (TPSA) is 42.0 Å². The second kappa shape index (κ2) is 4.37. The SMILES string of the molecule is CNc1csc(CC(=O)C(C)C)n1. The summed E-state index contributed by atoms with van der Waals surface area (Å²) in [6.45, 7) is 3.82. The zero-order chi connectivity index (χ0) is 9.84. The number of carbonyl (C=O) groups is 1. The number of thiazole rings is 1. The molecule has 13 heavy (non-hydrogen) atoms. The molecule has 0 fully saturated rings. The first kappa shape index (κ1) is 10.2. The fraction of sp³-hybridized carbons (Fsp3) is 0.556. The van der Waals surface area contributed by atoms with E-state index in [4.69, 9.17) is 0 Å². The highest BCUT2D eigenvalue weighted by molar-refractivity contribution is 7.10. The van der Waals surface area contributed by atoms with E-state index in [-0.39, 0.29) is 11.7 Å². The van der Waals surface area contributed by atoms with Crippen molar-refractivity contribution < 1.29 is 4.79 Å². The smallest absolute Gasteiger partial charge is 0.142 e. The van der Waals surface area contributed by atoms with Gasteiger partial charge in [0.25, 0.3) is 0 Å². The van der Waals surface area contributed by atoms with Gasteiger partial charge in [-0.05, 0) is 0 Å². The third kappa shape index (κ3) is 2.81. The summed E-state index contributed by atoms with van der Waals surface area (Å²) in [4.78, 5) is 15.6. The molecule has 72 valence electrons. The molecule has 3 nitrogen and oxygen atoms in total. The number of carbonyl (C=O) groups excluding carboxylic acids is 1. The lowest BCUT2D eigenvalue weighted by atomic mass is 10.1. The predicted octanol–water partition coefficient (Wildman–Crippen LogP) is 1.95. The summed E-state index contributed by atoms with van der Waals surface area (Å²) >= 11 is 1.53. The molecule has 0 aliphatic rings. The highest BCUT2D eigenvalue weighted by Crippen LogP contribution is 2.15. The summed E-state index contributed by atoms with van der Waals surface area (Å²) in [6.07, 6.45) is 0.462. The van der Waals surface area contributed by atoms with Crippen molar-refractivity contribution >= 4 is 22.9 Å². The molecule has 0 aliphatic heterocycles. The number of nitrogens with zero attached hydrogens (tertiary/aromatic N) is 1. The lowest BCUT2D eigenvalue weighted by Gasteiger charge is -1.99. The molecule has 1 rings (SSSR count). The van der Waals surface area contributed by atoms with Gasteiger partial charge >= 0.3 is 0 Å². The number of nitrogens with one attached hydrogen (secondary N) is 1. The van der Waals surface area contributed by atoms with Gasteiger partial charge in [-0.2, -0.15) is 0 Å². The molecule has 1 N–H and O–H groups in total. The van der Waals surface area contributed by atoms with Gasteiger partial charge in [0, 0.05) is 18.3 Å². The Hall–Kier alpha value is -0.900. The van der Waals surface area contributed by atoms with E-state index in [1.54, 1.807) is 0 Å². The number of Topliss-reactive ketones (excluding diaryl/α,β-unsaturated/α-hetero) is 1. The van der Waals surface area contributed by atoms with Gasteiger partial charge < -0.3 is 5.32 Å². The Morgan fingerprint density at radius 3 is 2.85 bits per heavy atom. The Kier molecular flexibility index (Phi) is 3.42. The molecule has 0 radical (unpaired) electrons. The van der Waals surface area contributed by atoms with E-state index < -0.39 is 0 Å². The van der Waals surface area contributed by atoms with Crippen LogP contribution in [0.25, 0.3) is 0 Å². The Balaban J connectivity index is 2.59. The zero-order valence-corrected chi connectivity index (χ0v) is 8.94. The molecule has 0 aliphatic carbocycles. The van der Waals surface area contributed by atoms with Crippen LogP contribution in [0.1, 0.15) is 18.9 Å². The van der Waals surface area contributed by atoms with E-state index in [2.05, 4.69) is 10.3 Å². The van der Waals surface area contributed by atoms with Crippen LogP contribution in [0.3, 0.4) is 0 Å². The first-order valence-corrected chi connectivity index (χ1v) is 5.16. The minimum Gasteiger partial charge on any atom is -0.372 e. The third-order valence-corrected chi connectivity index (χ3v) is 2.63. The van der Waals surface area contributed by atoms with Gasteiger partial charge in [-0.15, -0.1) is 11.3 Å². The molecule has 1 aromatic rings. The molecule has 4 heteroatoms. The fourth-order valence-electron chi connectivity index (χ4n) is 0.860. The van der Waals surface area contributed by atoms with Crippen LogP contribution >= 0.6 is 11.3 Å². The lowest BCUT2D eigenvalue weighted by molar-refractivity contribution is -0.121. The number of anilines is 1. The quantitative estimate of drug-likeness (QED) is 0.804. The van der Waals surface area contributed by atoms with Crippen LogP contribution < -0.4 is 5.32 Å². The highest BCUT2D eigenvalue weighted by atomic mass is 32.1. The van der Waals surface area contributed by atoms with Crippen molar-refractivity contribution in [3.8, 4) is 0 Å². The third-order valence-electron chi connectivity index (χ3n) is 1.78. The second-order valence-electron chi connectivity index (χ2n) is 3.17. The van der Waals surface area contributed by atoms with Crippen molar-refractivity contribution in [2.75, 3.05) is 12.4 Å². The molecule has 1 aromatic heterocycles. The van der Waals surface area contributed by atoms with Gasteiger partial charge in [0.2, 0.25) is 0 Å². The first-order chi connectivity index (χ1) is 6.13. The molecular weight excluding hydrogens is 184 g/mol. The molecule has 0 bridgehead atoms. The van der Waals surface area contributed by atoms with Crippen LogP contribution in [-0.2, 0) is 11.2 Å². The van der Waals surface area contributed by atoms with Crippen molar-refractivity contribution in [1.82, 2.24) is 4.98 Å². The Bertz CT molecular complexity index is 294. The van der Waals surface area contributed by atoms with Crippen molar-refractivity contribution in [3.05, 3.63) is 10.4 Å². The normalized spacial score (nSPS) is 10.5. The highest BCUT2D eigenvalue weighted by Gasteiger charge is 2.10. The summed E-state index contributed by atoms with van der Waals surface area (Å²) in [5, 5.41) is 5.75. The van der Waals surface area contributed by atoms with E-state index in [9.17, 15) is 4.79 Å². The maximum atomic E-state index is 11.4. The molecule has 1 heterocycles. The average Bonchev–Trinajstić information content (AvgIpc) is 2.52. The molecule has 0 aromatic carbocycles. The zero-order valence-electron chi connectivity index (χ0n) is 8.13. The summed E-state index contributed by atoms with van der Waals surface area (Å²) in [5.41, 5.74) is 0. The van der Waals surface area contributed by atoms with Gasteiger partial charge in [-0.25, -0.2) is 4.98 Å². The summed E-state index contributed by atoms with van der Waals surface area (Å²) < 4.78 is 0. The monoisotopic (exact) mass is 198 g/mol. The fourth-order valence-corrected chi connectivity index (χ4v) is 1.65. The van der Waals surface area contributed by atoms with E-state index in [1.807, 2.05) is 26.3 Å². The largest absolute Gasteiger partial charge is 0.372 e. The van der Waals surface area contributed by atoms with Gasteiger partial charge in [0.05, 0.1) is 6.42 Å². The molecule has 0 saturated heterocycles. The molecule has 0 saturated carbocycles. The average molecular weight is 198 g/mol. The maximum Gasteiger partial charge on any atom is 0.142 e. The molecule has 0 spiro atoms. The van der Waals surface area contributed by atoms with E-state index in [0.717, 1.165) is 10.8 Å². The van der Waals surface area contributed by atoms with E-state index in [1.165, 1.54) is 11.3 Å². The number of rotatable bonds is 4. The van der Waals surface area contributed by atoms with Crippen molar-refractivity contribution in [1.29, 1.82) is 0 Å². The second-order valence-corrected chi connectivity index (χ2v) is 4.12. The molecule has 0 amide bonds. The standard InChI is InChI=1S/C9H14N2OS/c1-6(2)7(12)4-9-11-8(10-3)5-13-9/h5-6,10H,4H2,1-3H3. The van der Waals surface area contributed by atoms with E-state index in [0.29, 0.717) is 6.42 Å². The van der Waals surface area contributed by atoms with E-state index >= 15 is 0 Å². The predicted molar refractivity (Wildman–Crippen MR) is 55.2 cm³/mol. The number of aromatic nitrogens is 1. The number of ketones is 1. The minimum atomic E-state index is 0.0990. The van der Waals surface area contributed by atoms with Gasteiger partial charge in [-0.3, -0.25) is 4.79 Å². The van der Waals surface area contributed by atoms with Crippen LogP contribution in [0.2, 0.25) is 0 Å². The van der Waals surface area contributed by atoms with Gasteiger partial charge in [0.1, 0.15) is 16.6 Å². The van der Waals surface area contributed by atoms with Gasteiger partial charge in [0.15, 0.2) is 0 Å². The number of hydrogen-bond donors (Lipinski definition) is 1. The molecule has 0 atom stereocenters. The number of hydrogen-bond acceptors (Lipinski definition) is 4. The van der Waals surface area contributed by atoms with Gasteiger partial charge in [-0.1, -0.05) is 13.8 Å².